The Labute approximate surface area is 150 Å². The first-order valence-corrected chi connectivity index (χ1v) is 8.55. The predicted molar refractivity (Wildman–Crippen MR) is 92.0 cm³/mol. The molecule has 0 aliphatic heterocycles. The Hall–Kier alpha value is -2.94. The third-order valence-corrected chi connectivity index (χ3v) is 4.71. The number of nitrogens with one attached hydrogen (secondary N) is 1. The van der Waals surface area contributed by atoms with Gasteiger partial charge in [0.05, 0.1) is 6.04 Å². The van der Waals surface area contributed by atoms with Gasteiger partial charge in [-0.15, -0.1) is 26.6 Å². The molecule has 5 nitrogen and oxygen atoms in total. The van der Waals surface area contributed by atoms with E-state index in [0.717, 1.165) is 10.4 Å². The van der Waals surface area contributed by atoms with Gasteiger partial charge in [-0.2, -0.15) is 17.7 Å². The van der Waals surface area contributed by atoms with Crippen LogP contribution in [-0.2, 0) is 6.18 Å². The van der Waals surface area contributed by atoms with Gasteiger partial charge in [0.2, 0.25) is 0 Å². The third-order valence-electron chi connectivity index (χ3n) is 3.77. The topological polar surface area (TPSA) is 55.1 Å². The molecule has 26 heavy (non-hydrogen) atoms. The average molecular weight is 375 g/mol. The van der Waals surface area contributed by atoms with Gasteiger partial charge in [-0.05, 0) is 29.1 Å². The second kappa shape index (κ2) is 6.41. The molecule has 0 fully saturated rings. The van der Waals surface area contributed by atoms with E-state index in [1.54, 1.807) is 17.4 Å². The molecular formula is C17H12F3N5S. The summed E-state index contributed by atoms with van der Waals surface area (Å²) in [5, 5.41) is 15.9. The van der Waals surface area contributed by atoms with Crippen molar-refractivity contribution in [1.82, 2.24) is 19.8 Å². The van der Waals surface area contributed by atoms with Gasteiger partial charge >= 0.3 is 6.18 Å². The fourth-order valence-corrected chi connectivity index (χ4v) is 3.41. The smallest absolute Gasteiger partial charge is 0.357 e. The molecular weight excluding hydrogens is 363 g/mol. The average Bonchev–Trinajstić information content (AvgIpc) is 3.29. The van der Waals surface area contributed by atoms with E-state index >= 15 is 0 Å². The Balaban J connectivity index is 1.74. The molecule has 132 valence electrons. The van der Waals surface area contributed by atoms with Crippen LogP contribution in [0.2, 0.25) is 0 Å². The van der Waals surface area contributed by atoms with Crippen molar-refractivity contribution in [1.29, 1.82) is 0 Å². The van der Waals surface area contributed by atoms with Gasteiger partial charge in [-0.3, -0.25) is 0 Å². The maximum absolute atomic E-state index is 13.1. The van der Waals surface area contributed by atoms with Crippen LogP contribution in [0.5, 0.6) is 0 Å². The lowest BCUT2D eigenvalue weighted by Crippen LogP contribution is -2.16. The molecule has 0 amide bonds. The number of thiophene rings is 1. The van der Waals surface area contributed by atoms with Crippen LogP contribution in [0.15, 0.2) is 60.0 Å². The molecule has 9 heteroatoms. The standard InChI is InChI=1S/C17H12F3N5S/c18-17(19,20)16-23-22-14-9-8-13(24-25(14)16)21-15(12-7-4-10-26-12)11-5-2-1-3-6-11/h1-10,15H,(H,21,24)/t15-/m0/s1. The fourth-order valence-electron chi connectivity index (χ4n) is 2.61. The van der Waals surface area contributed by atoms with Gasteiger partial charge in [-0.25, -0.2) is 0 Å². The first kappa shape index (κ1) is 16.5. The van der Waals surface area contributed by atoms with Crippen molar-refractivity contribution in [2.45, 2.75) is 12.2 Å². The molecule has 0 bridgehead atoms. The number of nitrogens with zero attached hydrogens (tertiary/aromatic N) is 4. The molecule has 0 saturated carbocycles. The lowest BCUT2D eigenvalue weighted by molar-refractivity contribution is -0.146. The number of hydrogen-bond acceptors (Lipinski definition) is 5. The molecule has 1 atom stereocenters. The van der Waals surface area contributed by atoms with E-state index in [-0.39, 0.29) is 11.7 Å². The Morgan fingerprint density at radius 3 is 2.46 bits per heavy atom. The molecule has 0 aliphatic rings. The summed E-state index contributed by atoms with van der Waals surface area (Å²) in [6.45, 7) is 0. The number of halogens is 3. The lowest BCUT2D eigenvalue weighted by Gasteiger charge is -2.18. The van der Waals surface area contributed by atoms with Gasteiger partial charge in [-0.1, -0.05) is 36.4 Å². The van der Waals surface area contributed by atoms with E-state index in [9.17, 15) is 13.2 Å². The van der Waals surface area contributed by atoms with Crippen molar-refractivity contribution in [3.63, 3.8) is 0 Å². The van der Waals surface area contributed by atoms with E-state index in [4.69, 9.17) is 0 Å². The summed E-state index contributed by atoms with van der Waals surface area (Å²) in [5.74, 6) is -0.853. The summed E-state index contributed by atoms with van der Waals surface area (Å²) in [4.78, 5) is 1.03. The van der Waals surface area contributed by atoms with Gasteiger partial charge in [0.15, 0.2) is 5.65 Å². The van der Waals surface area contributed by atoms with Crippen molar-refractivity contribution >= 4 is 22.8 Å². The summed E-state index contributed by atoms with van der Waals surface area (Å²) in [6, 6.07) is 16.3. The lowest BCUT2D eigenvalue weighted by atomic mass is 10.1. The first-order valence-electron chi connectivity index (χ1n) is 7.67. The summed E-state index contributed by atoms with van der Waals surface area (Å²) >= 11 is 1.56. The molecule has 0 aliphatic carbocycles. The summed E-state index contributed by atoms with van der Waals surface area (Å²) in [6.07, 6.45) is -4.63. The second-order valence-corrected chi connectivity index (χ2v) is 6.49. The van der Waals surface area contributed by atoms with Crippen molar-refractivity contribution in [3.05, 3.63) is 76.2 Å². The zero-order valence-electron chi connectivity index (χ0n) is 13.2. The number of fused-ring (bicyclic) bond motifs is 1. The number of rotatable bonds is 4. The SMILES string of the molecule is FC(F)(F)c1nnc2ccc(N[C@@H](c3ccccc3)c3cccs3)nn12. The van der Waals surface area contributed by atoms with Gasteiger partial charge < -0.3 is 5.32 Å². The van der Waals surface area contributed by atoms with Crippen LogP contribution in [0.4, 0.5) is 19.0 Å². The van der Waals surface area contributed by atoms with Crippen molar-refractivity contribution in [2.24, 2.45) is 0 Å². The summed E-state index contributed by atoms with van der Waals surface area (Å²) in [5.41, 5.74) is 1.02. The molecule has 3 heterocycles. The van der Waals surface area contributed by atoms with Crippen LogP contribution in [0.25, 0.3) is 5.65 Å². The zero-order chi connectivity index (χ0) is 18.1. The number of benzene rings is 1. The minimum absolute atomic E-state index is 0.0373. The van der Waals surface area contributed by atoms with Crippen molar-refractivity contribution in [3.8, 4) is 0 Å². The summed E-state index contributed by atoms with van der Waals surface area (Å²) < 4.78 is 39.9. The van der Waals surface area contributed by atoms with Crippen LogP contribution < -0.4 is 5.32 Å². The molecule has 1 aromatic carbocycles. The van der Waals surface area contributed by atoms with E-state index in [1.165, 1.54) is 6.07 Å². The van der Waals surface area contributed by atoms with Crippen molar-refractivity contribution < 1.29 is 13.2 Å². The van der Waals surface area contributed by atoms with Crippen molar-refractivity contribution in [2.75, 3.05) is 5.32 Å². The van der Waals surface area contributed by atoms with Crippen LogP contribution >= 0.6 is 11.3 Å². The molecule has 0 spiro atoms. The normalized spacial score (nSPS) is 13.0. The second-order valence-electron chi connectivity index (χ2n) is 5.51. The largest absolute Gasteiger partial charge is 0.453 e. The highest BCUT2D eigenvalue weighted by Gasteiger charge is 2.37. The molecule has 1 N–H and O–H groups in total. The summed E-state index contributed by atoms with van der Waals surface area (Å²) in [7, 11) is 0. The monoisotopic (exact) mass is 375 g/mol. The Kier molecular flexibility index (Phi) is 4.08. The van der Waals surface area contributed by atoms with E-state index < -0.39 is 12.0 Å². The van der Waals surface area contributed by atoms with Crippen LogP contribution in [0, 0.1) is 0 Å². The number of anilines is 1. The van der Waals surface area contributed by atoms with E-state index in [1.807, 2.05) is 47.8 Å². The highest BCUT2D eigenvalue weighted by Crippen LogP contribution is 2.30. The molecule has 0 unspecified atom stereocenters. The van der Waals surface area contributed by atoms with Gasteiger partial charge in [0.25, 0.3) is 5.82 Å². The van der Waals surface area contributed by atoms with Gasteiger partial charge in [0, 0.05) is 4.88 Å². The Bertz CT molecular complexity index is 1010. The maximum atomic E-state index is 13.1. The Morgan fingerprint density at radius 1 is 0.962 bits per heavy atom. The van der Waals surface area contributed by atoms with Crippen LogP contribution in [-0.4, -0.2) is 19.8 Å². The van der Waals surface area contributed by atoms with Crippen LogP contribution in [0.3, 0.4) is 0 Å². The predicted octanol–water partition coefficient (Wildman–Crippen LogP) is 4.41. The Morgan fingerprint density at radius 2 is 1.77 bits per heavy atom. The molecule has 0 saturated heterocycles. The molecule has 3 aromatic heterocycles. The van der Waals surface area contributed by atoms with E-state index in [2.05, 4.69) is 20.6 Å². The fraction of sp³-hybridized carbons (Fsp3) is 0.118. The minimum atomic E-state index is -4.63. The first-order chi connectivity index (χ1) is 12.5. The molecule has 0 radical (unpaired) electrons. The molecule has 4 rings (SSSR count). The quantitative estimate of drug-likeness (QED) is 0.574. The number of hydrogen-bond donors (Lipinski definition) is 1. The van der Waals surface area contributed by atoms with Gasteiger partial charge in [0.1, 0.15) is 5.82 Å². The zero-order valence-corrected chi connectivity index (χ0v) is 14.0. The minimum Gasteiger partial charge on any atom is -0.357 e. The van der Waals surface area contributed by atoms with Crippen LogP contribution in [0.1, 0.15) is 22.3 Å². The number of alkyl halides is 3. The van der Waals surface area contributed by atoms with E-state index in [0.29, 0.717) is 10.3 Å². The highest BCUT2D eigenvalue weighted by atomic mass is 32.1. The number of aromatic nitrogens is 4. The highest BCUT2D eigenvalue weighted by molar-refractivity contribution is 7.10. The third kappa shape index (κ3) is 3.13. The maximum Gasteiger partial charge on any atom is 0.453 e. The molecule has 4 aromatic rings.